The Morgan fingerprint density at radius 3 is 3.00 bits per heavy atom. The summed E-state index contributed by atoms with van der Waals surface area (Å²) in [6.45, 7) is 0. The fourth-order valence-electron chi connectivity index (χ4n) is 1.92. The van der Waals surface area contributed by atoms with Crippen LogP contribution in [0.2, 0.25) is 4.47 Å². The normalized spacial score (nSPS) is 13.5. The topological polar surface area (TPSA) is 12.9 Å². The zero-order chi connectivity index (χ0) is 9.54. The number of aryl methyl sites for hydroxylation is 2. The van der Waals surface area contributed by atoms with Crippen molar-refractivity contribution in [2.24, 2.45) is 0 Å². The number of benzene rings is 1. The number of fused-ring (bicyclic) bond motifs is 3. The summed E-state index contributed by atoms with van der Waals surface area (Å²) in [5, 5.41) is 0. The Bertz CT molecular complexity index is 490. The highest BCUT2D eigenvalue weighted by molar-refractivity contribution is 7.16. The van der Waals surface area contributed by atoms with Crippen LogP contribution in [0.15, 0.2) is 24.3 Å². The Morgan fingerprint density at radius 2 is 2.07 bits per heavy atom. The van der Waals surface area contributed by atoms with E-state index in [0.29, 0.717) is 4.47 Å². The monoisotopic (exact) mass is 221 g/mol. The largest absolute Gasteiger partial charge is 0.225 e. The van der Waals surface area contributed by atoms with E-state index in [1.165, 1.54) is 16.0 Å². The second-order valence-corrected chi connectivity index (χ2v) is 5.06. The van der Waals surface area contributed by atoms with Crippen molar-refractivity contribution in [1.29, 1.82) is 0 Å². The average molecular weight is 222 g/mol. The summed E-state index contributed by atoms with van der Waals surface area (Å²) in [6, 6.07) is 8.44. The Labute approximate surface area is 91.4 Å². The molecule has 1 aromatic carbocycles. The number of hydrogen-bond donors (Lipinski definition) is 0. The fraction of sp³-hybridized carbons (Fsp3) is 0.182. The second-order valence-electron chi connectivity index (χ2n) is 3.40. The molecule has 0 saturated heterocycles. The minimum atomic E-state index is 0.659. The van der Waals surface area contributed by atoms with Gasteiger partial charge in [0.05, 0.1) is 5.69 Å². The van der Waals surface area contributed by atoms with Crippen LogP contribution in [-0.2, 0) is 12.8 Å². The Morgan fingerprint density at radius 1 is 1.21 bits per heavy atom. The molecule has 3 rings (SSSR count). The average Bonchev–Trinajstić information content (AvgIpc) is 2.59. The highest BCUT2D eigenvalue weighted by Gasteiger charge is 2.19. The first-order valence-electron chi connectivity index (χ1n) is 4.58. The number of nitrogens with zero attached hydrogens (tertiary/aromatic N) is 1. The third-order valence-corrected chi connectivity index (χ3v) is 3.78. The summed E-state index contributed by atoms with van der Waals surface area (Å²) in [7, 11) is 0. The maximum absolute atomic E-state index is 5.92. The summed E-state index contributed by atoms with van der Waals surface area (Å²) in [5.74, 6) is 0. The third-order valence-electron chi connectivity index (χ3n) is 2.57. The van der Waals surface area contributed by atoms with E-state index >= 15 is 0 Å². The van der Waals surface area contributed by atoms with Gasteiger partial charge in [-0.05, 0) is 18.4 Å². The van der Waals surface area contributed by atoms with Crippen LogP contribution >= 0.6 is 22.9 Å². The molecule has 1 heterocycles. The molecule has 0 unspecified atom stereocenters. The van der Waals surface area contributed by atoms with Gasteiger partial charge in [-0.1, -0.05) is 35.9 Å². The molecule has 0 amide bonds. The lowest BCUT2D eigenvalue weighted by Crippen LogP contribution is -2.01. The van der Waals surface area contributed by atoms with Gasteiger partial charge >= 0.3 is 0 Å². The number of halogens is 1. The van der Waals surface area contributed by atoms with Crippen LogP contribution < -0.4 is 0 Å². The van der Waals surface area contributed by atoms with Gasteiger partial charge in [-0.3, -0.25) is 0 Å². The lowest BCUT2D eigenvalue weighted by Gasteiger charge is -2.13. The van der Waals surface area contributed by atoms with Gasteiger partial charge in [-0.15, -0.1) is 11.3 Å². The van der Waals surface area contributed by atoms with Crippen molar-refractivity contribution >= 4 is 22.9 Å². The van der Waals surface area contributed by atoms with E-state index in [2.05, 4.69) is 29.2 Å². The molecule has 0 atom stereocenters. The highest BCUT2D eigenvalue weighted by atomic mass is 35.5. The molecule has 1 aliphatic carbocycles. The SMILES string of the molecule is Clc1nc2c(s1)CCc1ccccc1-2. The van der Waals surface area contributed by atoms with Crippen molar-refractivity contribution < 1.29 is 0 Å². The molecule has 1 aromatic heterocycles. The minimum Gasteiger partial charge on any atom is -0.225 e. The minimum absolute atomic E-state index is 0.659. The highest BCUT2D eigenvalue weighted by Crippen LogP contribution is 2.37. The summed E-state index contributed by atoms with van der Waals surface area (Å²) in [6.07, 6.45) is 2.19. The molecule has 0 radical (unpaired) electrons. The van der Waals surface area contributed by atoms with E-state index in [0.717, 1.165) is 18.5 Å². The predicted octanol–water partition coefficient (Wildman–Crippen LogP) is 3.56. The zero-order valence-electron chi connectivity index (χ0n) is 7.46. The molecule has 14 heavy (non-hydrogen) atoms. The molecule has 70 valence electrons. The molecular formula is C11H8ClNS. The summed E-state index contributed by atoms with van der Waals surface area (Å²) < 4.78 is 0.659. The molecule has 1 aliphatic rings. The Balaban J connectivity index is 2.28. The smallest absolute Gasteiger partial charge is 0.184 e. The van der Waals surface area contributed by atoms with Crippen LogP contribution in [0.4, 0.5) is 0 Å². The first-order chi connectivity index (χ1) is 6.84. The molecule has 2 aromatic rings. The lowest BCUT2D eigenvalue weighted by atomic mass is 9.94. The van der Waals surface area contributed by atoms with Crippen molar-refractivity contribution in [3.63, 3.8) is 0 Å². The first-order valence-corrected chi connectivity index (χ1v) is 5.77. The van der Waals surface area contributed by atoms with Gasteiger partial charge in [0.1, 0.15) is 0 Å². The van der Waals surface area contributed by atoms with Gasteiger partial charge < -0.3 is 0 Å². The molecular weight excluding hydrogens is 214 g/mol. The molecule has 3 heteroatoms. The fourth-order valence-corrected chi connectivity index (χ4v) is 3.08. The van der Waals surface area contributed by atoms with Crippen molar-refractivity contribution in [1.82, 2.24) is 4.98 Å². The first kappa shape index (κ1) is 8.45. The van der Waals surface area contributed by atoms with E-state index in [4.69, 9.17) is 11.6 Å². The molecule has 0 N–H and O–H groups in total. The quantitative estimate of drug-likeness (QED) is 0.663. The van der Waals surface area contributed by atoms with Crippen LogP contribution in [0.25, 0.3) is 11.3 Å². The van der Waals surface area contributed by atoms with Crippen LogP contribution in [0, 0.1) is 0 Å². The number of thiazole rings is 1. The van der Waals surface area contributed by atoms with Crippen LogP contribution in [-0.4, -0.2) is 4.98 Å². The van der Waals surface area contributed by atoms with E-state index in [9.17, 15) is 0 Å². The molecule has 0 fully saturated rings. The summed E-state index contributed by atoms with van der Waals surface area (Å²) in [4.78, 5) is 5.70. The Hall–Kier alpha value is -0.860. The molecule has 0 bridgehead atoms. The van der Waals surface area contributed by atoms with Crippen molar-refractivity contribution in [3.05, 3.63) is 39.2 Å². The van der Waals surface area contributed by atoms with Gasteiger partial charge in [0.25, 0.3) is 0 Å². The van der Waals surface area contributed by atoms with Crippen molar-refractivity contribution in [2.45, 2.75) is 12.8 Å². The van der Waals surface area contributed by atoms with E-state index in [-0.39, 0.29) is 0 Å². The number of aromatic nitrogens is 1. The summed E-state index contributed by atoms with van der Waals surface area (Å²) in [5.41, 5.74) is 3.75. The number of hydrogen-bond acceptors (Lipinski definition) is 2. The van der Waals surface area contributed by atoms with Crippen molar-refractivity contribution in [2.75, 3.05) is 0 Å². The van der Waals surface area contributed by atoms with Gasteiger partial charge in [0, 0.05) is 10.4 Å². The van der Waals surface area contributed by atoms with Crippen LogP contribution in [0.3, 0.4) is 0 Å². The van der Waals surface area contributed by atoms with Gasteiger partial charge in [0.2, 0.25) is 0 Å². The molecule has 0 saturated carbocycles. The Kier molecular flexibility index (Phi) is 1.85. The predicted molar refractivity (Wildman–Crippen MR) is 60.0 cm³/mol. The second kappa shape index (κ2) is 3.07. The van der Waals surface area contributed by atoms with E-state index in [1.807, 2.05) is 0 Å². The van der Waals surface area contributed by atoms with Crippen molar-refractivity contribution in [3.8, 4) is 11.3 Å². The maximum atomic E-state index is 5.92. The molecule has 1 nitrogen and oxygen atoms in total. The van der Waals surface area contributed by atoms with Crippen LogP contribution in [0.5, 0.6) is 0 Å². The standard InChI is InChI=1S/C11H8ClNS/c12-11-13-10-8-4-2-1-3-7(8)5-6-9(10)14-11/h1-4H,5-6H2. The van der Waals surface area contributed by atoms with Gasteiger partial charge in [0.15, 0.2) is 4.47 Å². The number of rotatable bonds is 0. The third kappa shape index (κ3) is 1.18. The molecule has 0 spiro atoms. The van der Waals surface area contributed by atoms with Gasteiger partial charge in [-0.2, -0.15) is 0 Å². The van der Waals surface area contributed by atoms with Crippen LogP contribution in [0.1, 0.15) is 10.4 Å². The lowest BCUT2D eigenvalue weighted by molar-refractivity contribution is 0.955. The maximum Gasteiger partial charge on any atom is 0.184 e. The van der Waals surface area contributed by atoms with E-state index in [1.54, 1.807) is 11.3 Å². The van der Waals surface area contributed by atoms with E-state index < -0.39 is 0 Å². The summed E-state index contributed by atoms with van der Waals surface area (Å²) >= 11 is 7.53. The zero-order valence-corrected chi connectivity index (χ0v) is 9.03. The van der Waals surface area contributed by atoms with Gasteiger partial charge in [-0.25, -0.2) is 4.98 Å². The molecule has 0 aliphatic heterocycles.